The van der Waals surface area contributed by atoms with Crippen LogP contribution in [0.15, 0.2) is 60.0 Å². The number of methoxy groups -OCH3 is 2. The average molecular weight is 458 g/mol. The van der Waals surface area contributed by atoms with Gasteiger partial charge in [-0.3, -0.25) is 4.79 Å². The van der Waals surface area contributed by atoms with Crippen LogP contribution in [0.3, 0.4) is 0 Å². The molecule has 9 heteroatoms. The van der Waals surface area contributed by atoms with Gasteiger partial charge >= 0.3 is 0 Å². The summed E-state index contributed by atoms with van der Waals surface area (Å²) in [5.41, 5.74) is 1.95. The number of allylic oxidation sites excluding steroid dienone is 1. The number of ether oxygens (including phenoxy) is 2. The van der Waals surface area contributed by atoms with E-state index >= 15 is 0 Å². The highest BCUT2D eigenvalue weighted by molar-refractivity contribution is 7.89. The first kappa shape index (κ1) is 23.4. The van der Waals surface area contributed by atoms with E-state index in [1.165, 1.54) is 14.1 Å². The Bertz CT molecular complexity index is 1260. The quantitative estimate of drug-likeness (QED) is 0.499. The highest BCUT2D eigenvalue weighted by Crippen LogP contribution is 2.26. The van der Waals surface area contributed by atoms with Gasteiger partial charge in [-0.15, -0.1) is 6.58 Å². The molecule has 8 nitrogen and oxygen atoms in total. The van der Waals surface area contributed by atoms with Crippen LogP contribution in [0.5, 0.6) is 11.5 Å². The number of aromatic nitrogens is 1. The van der Waals surface area contributed by atoms with Gasteiger partial charge < -0.3 is 19.4 Å². The molecule has 1 heterocycles. The lowest BCUT2D eigenvalue weighted by Crippen LogP contribution is -2.25. The molecule has 0 bridgehead atoms. The van der Waals surface area contributed by atoms with E-state index in [1.807, 2.05) is 6.07 Å². The van der Waals surface area contributed by atoms with Gasteiger partial charge in [-0.25, -0.2) is 12.7 Å². The minimum atomic E-state index is -3.58. The topological polar surface area (TPSA) is 89.9 Å². The minimum absolute atomic E-state index is 0.167. The molecule has 3 rings (SSSR count). The molecule has 3 aromatic rings. The molecule has 0 fully saturated rings. The number of amides is 1. The molecule has 32 heavy (non-hydrogen) atoms. The number of carbonyl (C=O) groups excluding carboxylic acids is 1. The van der Waals surface area contributed by atoms with Crippen LogP contribution < -0.4 is 14.8 Å². The van der Waals surface area contributed by atoms with E-state index in [1.54, 1.807) is 61.3 Å². The molecule has 0 radical (unpaired) electrons. The van der Waals surface area contributed by atoms with Crippen molar-refractivity contribution in [1.29, 1.82) is 0 Å². The first-order valence-electron chi connectivity index (χ1n) is 9.88. The summed E-state index contributed by atoms with van der Waals surface area (Å²) in [6.07, 6.45) is 1.69. The fourth-order valence-electron chi connectivity index (χ4n) is 3.40. The van der Waals surface area contributed by atoms with E-state index in [0.717, 1.165) is 15.4 Å². The maximum atomic E-state index is 13.0. The standard InChI is InChI=1S/C23H27N3O5S/c1-6-11-26-20-10-9-19(32(28,29)25(2)3)12-17(20)13-21(26)23(27)24-15-16-7-8-18(30-4)14-22(16)31-5/h6-10,12-14H,1,11,15H2,2-5H3,(H,24,27). The van der Waals surface area contributed by atoms with Crippen molar-refractivity contribution in [3.05, 3.63) is 66.4 Å². The number of hydrogen-bond acceptors (Lipinski definition) is 5. The maximum absolute atomic E-state index is 13.0. The summed E-state index contributed by atoms with van der Waals surface area (Å²) in [4.78, 5) is 13.2. The predicted molar refractivity (Wildman–Crippen MR) is 124 cm³/mol. The van der Waals surface area contributed by atoms with Gasteiger partial charge in [-0.1, -0.05) is 6.08 Å². The van der Waals surface area contributed by atoms with Crippen LogP contribution in [0.25, 0.3) is 10.9 Å². The first-order valence-corrected chi connectivity index (χ1v) is 11.3. The molecule has 2 aromatic carbocycles. The molecule has 0 aliphatic carbocycles. The third-order valence-electron chi connectivity index (χ3n) is 5.13. The zero-order valence-corrected chi connectivity index (χ0v) is 19.4. The molecule has 1 N–H and O–H groups in total. The third-order valence-corrected chi connectivity index (χ3v) is 6.94. The Hall–Kier alpha value is -3.30. The molecule has 0 spiro atoms. The summed E-state index contributed by atoms with van der Waals surface area (Å²) in [6.45, 7) is 4.42. The molecule has 1 amide bonds. The molecule has 0 aliphatic heterocycles. The summed E-state index contributed by atoms with van der Waals surface area (Å²) in [6, 6.07) is 11.9. The van der Waals surface area contributed by atoms with Crippen molar-refractivity contribution in [2.24, 2.45) is 0 Å². The predicted octanol–water partition coefficient (Wildman–Crippen LogP) is 3.02. The van der Waals surface area contributed by atoms with E-state index < -0.39 is 10.0 Å². The van der Waals surface area contributed by atoms with E-state index in [0.29, 0.717) is 29.1 Å². The van der Waals surface area contributed by atoms with Gasteiger partial charge in [0.2, 0.25) is 10.0 Å². The zero-order chi connectivity index (χ0) is 23.5. The number of hydrogen-bond donors (Lipinski definition) is 1. The van der Waals surface area contributed by atoms with Crippen LogP contribution >= 0.6 is 0 Å². The molecule has 0 saturated heterocycles. The Balaban J connectivity index is 1.94. The van der Waals surface area contributed by atoms with Crippen molar-refractivity contribution >= 4 is 26.8 Å². The van der Waals surface area contributed by atoms with E-state index in [4.69, 9.17) is 9.47 Å². The number of sulfonamides is 1. The van der Waals surface area contributed by atoms with E-state index in [-0.39, 0.29) is 17.3 Å². The Kier molecular flexibility index (Phi) is 6.90. The maximum Gasteiger partial charge on any atom is 0.268 e. The van der Waals surface area contributed by atoms with E-state index in [2.05, 4.69) is 11.9 Å². The van der Waals surface area contributed by atoms with Crippen molar-refractivity contribution in [3.8, 4) is 11.5 Å². The second kappa shape index (κ2) is 9.46. The second-order valence-corrected chi connectivity index (χ2v) is 9.45. The Morgan fingerprint density at radius 2 is 1.88 bits per heavy atom. The molecule has 0 saturated carbocycles. The lowest BCUT2D eigenvalue weighted by molar-refractivity contribution is 0.0942. The smallest absolute Gasteiger partial charge is 0.268 e. The molecule has 1 aromatic heterocycles. The SMILES string of the molecule is C=CCn1c(C(=O)NCc2ccc(OC)cc2OC)cc2cc(S(=O)(=O)N(C)C)ccc21. The first-order chi connectivity index (χ1) is 15.2. The van der Waals surface area contributed by atoms with Crippen molar-refractivity contribution in [1.82, 2.24) is 14.2 Å². The summed E-state index contributed by atoms with van der Waals surface area (Å²) in [7, 11) is 2.51. The fraction of sp³-hybridized carbons (Fsp3) is 0.261. The summed E-state index contributed by atoms with van der Waals surface area (Å²) >= 11 is 0. The minimum Gasteiger partial charge on any atom is -0.497 e. The van der Waals surface area contributed by atoms with Crippen LogP contribution in [0.4, 0.5) is 0 Å². The lowest BCUT2D eigenvalue weighted by Gasteiger charge is -2.13. The van der Waals surface area contributed by atoms with Gasteiger partial charge in [0.25, 0.3) is 5.91 Å². The van der Waals surface area contributed by atoms with Crippen molar-refractivity contribution in [3.63, 3.8) is 0 Å². The number of nitrogens with one attached hydrogen (secondary N) is 1. The summed E-state index contributed by atoms with van der Waals surface area (Å²) in [5.74, 6) is 0.972. The number of carbonyl (C=O) groups is 1. The average Bonchev–Trinajstić information content (AvgIpc) is 3.15. The number of rotatable bonds is 9. The van der Waals surface area contributed by atoms with Gasteiger partial charge in [0.05, 0.1) is 19.1 Å². The Morgan fingerprint density at radius 1 is 1.12 bits per heavy atom. The van der Waals surface area contributed by atoms with Crippen LogP contribution in [-0.2, 0) is 23.1 Å². The highest BCUT2D eigenvalue weighted by Gasteiger charge is 2.21. The van der Waals surface area contributed by atoms with Gasteiger partial charge in [-0.05, 0) is 36.4 Å². The largest absolute Gasteiger partial charge is 0.497 e. The van der Waals surface area contributed by atoms with Crippen molar-refractivity contribution < 1.29 is 22.7 Å². The van der Waals surface area contributed by atoms with Gasteiger partial charge in [-0.2, -0.15) is 0 Å². The van der Waals surface area contributed by atoms with Crippen LogP contribution in [-0.4, -0.2) is 51.5 Å². The molecule has 0 aliphatic rings. The number of nitrogens with zero attached hydrogens (tertiary/aromatic N) is 2. The Labute approximate surface area is 188 Å². The zero-order valence-electron chi connectivity index (χ0n) is 18.6. The molecule has 0 unspecified atom stereocenters. The highest BCUT2D eigenvalue weighted by atomic mass is 32.2. The summed E-state index contributed by atoms with van der Waals surface area (Å²) < 4.78 is 38.5. The summed E-state index contributed by atoms with van der Waals surface area (Å²) in [5, 5.41) is 3.56. The van der Waals surface area contributed by atoms with Gasteiger partial charge in [0.1, 0.15) is 17.2 Å². The number of benzene rings is 2. The van der Waals surface area contributed by atoms with Crippen LogP contribution in [0.1, 0.15) is 16.1 Å². The van der Waals surface area contributed by atoms with Crippen molar-refractivity contribution in [2.45, 2.75) is 18.0 Å². The normalized spacial score (nSPS) is 11.5. The lowest BCUT2D eigenvalue weighted by atomic mass is 10.2. The van der Waals surface area contributed by atoms with Crippen LogP contribution in [0.2, 0.25) is 0 Å². The van der Waals surface area contributed by atoms with Crippen molar-refractivity contribution in [2.75, 3.05) is 28.3 Å². The molecular formula is C23H27N3O5S. The third kappa shape index (κ3) is 4.49. The Morgan fingerprint density at radius 3 is 2.50 bits per heavy atom. The molecule has 0 atom stereocenters. The van der Waals surface area contributed by atoms with E-state index in [9.17, 15) is 13.2 Å². The van der Waals surface area contributed by atoms with Crippen LogP contribution in [0, 0.1) is 0 Å². The second-order valence-electron chi connectivity index (χ2n) is 7.30. The van der Waals surface area contributed by atoms with Gasteiger partial charge in [0, 0.05) is 49.7 Å². The molecule has 170 valence electrons. The number of fused-ring (bicyclic) bond motifs is 1. The monoisotopic (exact) mass is 457 g/mol. The fourth-order valence-corrected chi connectivity index (χ4v) is 4.34. The molecular weight excluding hydrogens is 430 g/mol. The van der Waals surface area contributed by atoms with Gasteiger partial charge in [0.15, 0.2) is 0 Å².